The van der Waals surface area contributed by atoms with Gasteiger partial charge in [-0.15, -0.1) is 0 Å². The predicted octanol–water partition coefficient (Wildman–Crippen LogP) is 3.18. The summed E-state index contributed by atoms with van der Waals surface area (Å²) in [7, 11) is 0. The van der Waals surface area contributed by atoms with Gasteiger partial charge in [-0.05, 0) is 34.4 Å². The number of carbonyl (C=O) groups excluding carboxylic acids is 5. The normalized spacial score (nSPS) is 13.4. The maximum absolute atomic E-state index is 12.2. The quantitative estimate of drug-likeness (QED) is 0.409. The van der Waals surface area contributed by atoms with E-state index >= 15 is 0 Å². The molecule has 3 aromatic carbocycles. The Labute approximate surface area is 223 Å². The van der Waals surface area contributed by atoms with Crippen LogP contribution in [0.25, 0.3) is 11.1 Å². The average molecular weight is 528 g/mol. The van der Waals surface area contributed by atoms with E-state index in [0.29, 0.717) is 5.06 Å². The highest BCUT2D eigenvalue weighted by Crippen LogP contribution is 2.44. The molecular formula is C29H25N3O7. The van der Waals surface area contributed by atoms with Crippen molar-refractivity contribution in [3.8, 4) is 11.1 Å². The molecule has 0 saturated carbocycles. The fourth-order valence-corrected chi connectivity index (χ4v) is 4.72. The van der Waals surface area contributed by atoms with E-state index in [1.807, 2.05) is 36.4 Å². The number of hydroxylamine groups is 2. The molecule has 0 fully saturated rings. The summed E-state index contributed by atoms with van der Waals surface area (Å²) in [4.78, 5) is 65.7. The Balaban J connectivity index is 0.994. The number of carbonyl (C=O) groups is 5. The molecule has 1 aliphatic carbocycles. The molecule has 0 aromatic heterocycles. The molecule has 0 spiro atoms. The fourth-order valence-electron chi connectivity index (χ4n) is 4.72. The van der Waals surface area contributed by atoms with Crippen molar-refractivity contribution in [2.75, 3.05) is 19.7 Å². The molecule has 10 nitrogen and oxygen atoms in total. The highest BCUT2D eigenvalue weighted by atomic mass is 16.7. The second-order valence-electron chi connectivity index (χ2n) is 9.02. The zero-order valence-electron chi connectivity index (χ0n) is 20.8. The number of hydrogen-bond donors (Lipinski definition) is 2. The Morgan fingerprint density at radius 3 is 1.79 bits per heavy atom. The van der Waals surface area contributed by atoms with Crippen molar-refractivity contribution in [2.24, 2.45) is 0 Å². The first kappa shape index (κ1) is 25.7. The lowest BCUT2D eigenvalue weighted by Gasteiger charge is -2.14. The van der Waals surface area contributed by atoms with E-state index in [1.165, 1.54) is 12.1 Å². The Morgan fingerprint density at radius 2 is 1.21 bits per heavy atom. The van der Waals surface area contributed by atoms with E-state index in [4.69, 9.17) is 9.57 Å². The summed E-state index contributed by atoms with van der Waals surface area (Å²) in [5.74, 6) is -2.74. The van der Waals surface area contributed by atoms with Gasteiger partial charge in [0.25, 0.3) is 11.8 Å². The zero-order chi connectivity index (χ0) is 27.4. The smallest absolute Gasteiger partial charge is 0.407 e. The van der Waals surface area contributed by atoms with Crippen LogP contribution in [0, 0.1) is 0 Å². The van der Waals surface area contributed by atoms with Gasteiger partial charge in [-0.25, -0.2) is 9.59 Å². The monoisotopic (exact) mass is 527 g/mol. The van der Waals surface area contributed by atoms with Crippen LogP contribution in [0.3, 0.4) is 0 Å². The van der Waals surface area contributed by atoms with Gasteiger partial charge in [-0.2, -0.15) is 0 Å². The van der Waals surface area contributed by atoms with Crippen LogP contribution in [0.4, 0.5) is 4.79 Å². The van der Waals surface area contributed by atoms with Gasteiger partial charge in [0, 0.05) is 25.4 Å². The minimum Gasteiger partial charge on any atom is -0.449 e. The van der Waals surface area contributed by atoms with E-state index in [0.717, 1.165) is 22.3 Å². The van der Waals surface area contributed by atoms with Crippen molar-refractivity contribution in [1.82, 2.24) is 15.7 Å². The lowest BCUT2D eigenvalue weighted by Crippen LogP contribution is -2.35. The largest absolute Gasteiger partial charge is 0.449 e. The van der Waals surface area contributed by atoms with E-state index in [2.05, 4.69) is 22.8 Å². The number of amides is 4. The maximum Gasteiger partial charge on any atom is 0.407 e. The standard InChI is InChI=1S/C29H25N3O7/c33-25(30-16-14-26(34)39-32-27(35)22-11-5-6-12-23(22)28(32)36)13-15-31-29(37)38-17-24-20-9-3-1-7-18(20)19-8-2-4-10-21(19)24/h1-12,24H,13-17H2,(H,30,33)(H,31,37). The average Bonchev–Trinajstić information content (AvgIpc) is 3.39. The lowest BCUT2D eigenvalue weighted by atomic mass is 9.98. The van der Waals surface area contributed by atoms with Gasteiger partial charge >= 0.3 is 12.1 Å². The number of benzene rings is 3. The van der Waals surface area contributed by atoms with Crippen LogP contribution in [-0.4, -0.2) is 54.5 Å². The van der Waals surface area contributed by atoms with Crippen LogP contribution >= 0.6 is 0 Å². The molecule has 10 heteroatoms. The molecule has 2 aliphatic rings. The second-order valence-corrected chi connectivity index (χ2v) is 9.02. The second kappa shape index (κ2) is 11.2. The number of hydrogen-bond acceptors (Lipinski definition) is 7. The third-order valence-electron chi connectivity index (χ3n) is 6.57. The molecule has 0 atom stereocenters. The number of imide groups is 1. The first-order chi connectivity index (χ1) is 18.9. The van der Waals surface area contributed by atoms with Crippen molar-refractivity contribution < 1.29 is 33.5 Å². The van der Waals surface area contributed by atoms with Crippen LogP contribution in [0.2, 0.25) is 0 Å². The molecule has 0 bridgehead atoms. The number of nitrogens with zero attached hydrogens (tertiary/aromatic N) is 1. The van der Waals surface area contributed by atoms with Gasteiger partial charge in [0.2, 0.25) is 5.91 Å². The summed E-state index contributed by atoms with van der Waals surface area (Å²) in [5, 5.41) is 5.51. The molecule has 198 valence electrons. The van der Waals surface area contributed by atoms with Gasteiger partial charge in [-0.1, -0.05) is 65.7 Å². The number of ether oxygens (including phenoxy) is 1. The first-order valence-electron chi connectivity index (χ1n) is 12.5. The Kier molecular flexibility index (Phi) is 7.35. The summed E-state index contributed by atoms with van der Waals surface area (Å²) in [5.41, 5.74) is 4.79. The lowest BCUT2D eigenvalue weighted by molar-refractivity contribution is -0.168. The molecule has 3 aromatic rings. The summed E-state index contributed by atoms with van der Waals surface area (Å²) >= 11 is 0. The van der Waals surface area contributed by atoms with Crippen LogP contribution in [0.15, 0.2) is 72.8 Å². The molecule has 2 N–H and O–H groups in total. The van der Waals surface area contributed by atoms with E-state index in [-0.39, 0.29) is 49.6 Å². The molecule has 0 unspecified atom stereocenters. The van der Waals surface area contributed by atoms with Gasteiger partial charge in [-0.3, -0.25) is 14.4 Å². The van der Waals surface area contributed by atoms with Crippen molar-refractivity contribution in [3.05, 3.63) is 95.1 Å². The Morgan fingerprint density at radius 1 is 0.692 bits per heavy atom. The first-order valence-corrected chi connectivity index (χ1v) is 12.5. The highest BCUT2D eigenvalue weighted by molar-refractivity contribution is 6.20. The molecule has 0 saturated heterocycles. The summed E-state index contributed by atoms with van der Waals surface area (Å²) in [6.07, 6.45) is -0.912. The molecule has 1 heterocycles. The minimum atomic E-state index is -0.846. The van der Waals surface area contributed by atoms with Crippen molar-refractivity contribution in [1.29, 1.82) is 0 Å². The Bertz CT molecular complexity index is 1390. The van der Waals surface area contributed by atoms with Gasteiger partial charge < -0.3 is 20.2 Å². The fraction of sp³-hybridized carbons (Fsp3) is 0.207. The van der Waals surface area contributed by atoms with E-state index in [9.17, 15) is 24.0 Å². The highest BCUT2D eigenvalue weighted by Gasteiger charge is 2.38. The van der Waals surface area contributed by atoms with Crippen molar-refractivity contribution >= 4 is 29.8 Å². The van der Waals surface area contributed by atoms with Crippen LogP contribution in [0.5, 0.6) is 0 Å². The minimum absolute atomic E-state index is 0.0301. The number of fused-ring (bicyclic) bond motifs is 4. The van der Waals surface area contributed by atoms with Crippen LogP contribution < -0.4 is 10.6 Å². The molecular weight excluding hydrogens is 502 g/mol. The van der Waals surface area contributed by atoms with Gasteiger partial charge in [0.05, 0.1) is 17.5 Å². The van der Waals surface area contributed by atoms with E-state index in [1.54, 1.807) is 12.1 Å². The molecule has 39 heavy (non-hydrogen) atoms. The van der Waals surface area contributed by atoms with Gasteiger partial charge in [0.1, 0.15) is 6.61 Å². The van der Waals surface area contributed by atoms with Crippen LogP contribution in [0.1, 0.15) is 50.6 Å². The molecule has 0 radical (unpaired) electrons. The number of nitrogens with one attached hydrogen (secondary N) is 2. The third-order valence-corrected chi connectivity index (χ3v) is 6.57. The topological polar surface area (TPSA) is 131 Å². The number of rotatable bonds is 9. The van der Waals surface area contributed by atoms with Crippen molar-refractivity contribution in [2.45, 2.75) is 18.8 Å². The molecule has 5 rings (SSSR count). The van der Waals surface area contributed by atoms with Crippen LogP contribution in [-0.2, 0) is 19.2 Å². The third kappa shape index (κ3) is 5.35. The summed E-state index contributed by atoms with van der Waals surface area (Å²) in [6, 6.07) is 22.2. The predicted molar refractivity (Wildman–Crippen MR) is 138 cm³/mol. The molecule has 4 amide bonds. The van der Waals surface area contributed by atoms with Gasteiger partial charge in [0.15, 0.2) is 0 Å². The Hall–Kier alpha value is -4.99. The zero-order valence-corrected chi connectivity index (χ0v) is 20.8. The summed E-state index contributed by atoms with van der Waals surface area (Å²) in [6.45, 7) is 0.148. The van der Waals surface area contributed by atoms with Crippen molar-refractivity contribution in [3.63, 3.8) is 0 Å². The maximum atomic E-state index is 12.2. The SMILES string of the molecule is O=C(CCNC(=O)OCC1c2ccccc2-c2ccccc21)NCCC(=O)ON1C(=O)c2ccccc2C1=O. The number of alkyl carbamates (subject to hydrolysis) is 1. The molecule has 1 aliphatic heterocycles. The summed E-state index contributed by atoms with van der Waals surface area (Å²) < 4.78 is 5.44. The van der Waals surface area contributed by atoms with E-state index < -0.39 is 29.8 Å².